The number of nitrogens with zero attached hydrogens (tertiary/aromatic N) is 2. The predicted octanol–water partition coefficient (Wildman–Crippen LogP) is 0.764. The first-order valence-corrected chi connectivity index (χ1v) is 4.42. The number of rotatable bonds is 3. The molecule has 0 aliphatic rings. The second-order valence-electron chi connectivity index (χ2n) is 2.76. The Kier molecular flexibility index (Phi) is 3.63. The molecule has 0 atom stereocenters. The number of aromatic hydroxyl groups is 1. The second-order valence-corrected chi connectivity index (χ2v) is 2.76. The number of pyridine rings is 1. The number of nitriles is 1. The first-order valence-electron chi connectivity index (χ1n) is 4.42. The highest BCUT2D eigenvalue weighted by molar-refractivity contribution is 5.72. The van der Waals surface area contributed by atoms with Gasteiger partial charge in [0.15, 0.2) is 11.4 Å². The summed E-state index contributed by atoms with van der Waals surface area (Å²) < 4.78 is 4.73. The van der Waals surface area contributed by atoms with Gasteiger partial charge in [0.05, 0.1) is 18.7 Å². The van der Waals surface area contributed by atoms with Crippen LogP contribution in [0.1, 0.15) is 18.3 Å². The highest BCUT2D eigenvalue weighted by Crippen LogP contribution is 2.13. The Morgan fingerprint density at radius 2 is 2.40 bits per heavy atom. The number of aromatic nitrogens is 1. The summed E-state index contributed by atoms with van der Waals surface area (Å²) in [6.45, 7) is 2.02. The molecule has 0 spiro atoms. The van der Waals surface area contributed by atoms with Crippen molar-refractivity contribution in [2.75, 3.05) is 6.61 Å². The smallest absolute Gasteiger partial charge is 0.311 e. The van der Waals surface area contributed by atoms with Crippen LogP contribution in [0.3, 0.4) is 0 Å². The van der Waals surface area contributed by atoms with Gasteiger partial charge in [-0.2, -0.15) is 5.26 Å². The minimum atomic E-state index is -0.403. The third kappa shape index (κ3) is 2.95. The van der Waals surface area contributed by atoms with Gasteiger partial charge in [-0.25, -0.2) is 4.98 Å². The number of esters is 1. The maximum atomic E-state index is 11.1. The lowest BCUT2D eigenvalue weighted by Gasteiger charge is -2.02. The summed E-state index contributed by atoms with van der Waals surface area (Å²) in [5.74, 6) is -0.593. The Morgan fingerprint density at radius 3 is 3.00 bits per heavy atom. The average molecular weight is 206 g/mol. The zero-order valence-corrected chi connectivity index (χ0v) is 8.23. The Bertz CT molecular complexity index is 410. The van der Waals surface area contributed by atoms with Crippen molar-refractivity contribution >= 4 is 5.97 Å². The van der Waals surface area contributed by atoms with Crippen LogP contribution in [0.2, 0.25) is 0 Å². The Hall–Kier alpha value is -2.09. The first-order chi connectivity index (χ1) is 7.17. The van der Waals surface area contributed by atoms with Crippen LogP contribution in [-0.2, 0) is 16.0 Å². The van der Waals surface area contributed by atoms with Crippen molar-refractivity contribution in [3.63, 3.8) is 0 Å². The maximum Gasteiger partial charge on any atom is 0.311 e. The van der Waals surface area contributed by atoms with Crippen molar-refractivity contribution in [3.05, 3.63) is 23.5 Å². The van der Waals surface area contributed by atoms with Crippen LogP contribution >= 0.6 is 0 Å². The minimum Gasteiger partial charge on any atom is -0.505 e. The van der Waals surface area contributed by atoms with E-state index in [9.17, 15) is 9.90 Å². The van der Waals surface area contributed by atoms with Crippen molar-refractivity contribution in [2.24, 2.45) is 0 Å². The lowest BCUT2D eigenvalue weighted by atomic mass is 10.2. The van der Waals surface area contributed by atoms with Gasteiger partial charge in [-0.15, -0.1) is 0 Å². The SMILES string of the molecule is CCOC(=O)Cc1ccc(O)c(C#N)n1. The molecule has 0 amide bonds. The standard InChI is InChI=1S/C10H10N2O3/c1-2-15-10(14)5-7-3-4-9(13)8(6-11)12-7/h3-4,13H,2,5H2,1H3. The first kappa shape index (κ1) is 11.0. The molecule has 78 valence electrons. The number of carbonyl (C=O) groups excluding carboxylic acids is 1. The molecule has 0 aliphatic heterocycles. The third-order valence-corrected chi connectivity index (χ3v) is 1.67. The molecule has 0 radical (unpaired) electrons. The van der Waals surface area contributed by atoms with E-state index < -0.39 is 5.97 Å². The molecule has 1 heterocycles. The fourth-order valence-corrected chi connectivity index (χ4v) is 1.03. The molecule has 1 aromatic heterocycles. The average Bonchev–Trinajstić information content (AvgIpc) is 2.21. The predicted molar refractivity (Wildman–Crippen MR) is 51.0 cm³/mol. The van der Waals surface area contributed by atoms with Gasteiger partial charge in [-0.3, -0.25) is 4.79 Å². The summed E-state index contributed by atoms with van der Waals surface area (Å²) in [5.41, 5.74) is 0.319. The van der Waals surface area contributed by atoms with Gasteiger partial charge in [0.2, 0.25) is 0 Å². The molecule has 5 nitrogen and oxygen atoms in total. The van der Waals surface area contributed by atoms with E-state index in [-0.39, 0.29) is 17.9 Å². The van der Waals surface area contributed by atoms with Crippen LogP contribution in [0.4, 0.5) is 0 Å². The second kappa shape index (κ2) is 4.96. The normalized spacial score (nSPS) is 9.33. The van der Waals surface area contributed by atoms with E-state index in [4.69, 9.17) is 10.00 Å². The van der Waals surface area contributed by atoms with Crippen molar-refractivity contribution in [3.8, 4) is 11.8 Å². The monoisotopic (exact) mass is 206 g/mol. The Balaban J connectivity index is 2.80. The van der Waals surface area contributed by atoms with Gasteiger partial charge in [-0.05, 0) is 19.1 Å². The van der Waals surface area contributed by atoms with Crippen LogP contribution in [0.25, 0.3) is 0 Å². The quantitative estimate of drug-likeness (QED) is 0.738. The van der Waals surface area contributed by atoms with Crippen molar-refractivity contribution in [1.82, 2.24) is 4.98 Å². The van der Waals surface area contributed by atoms with Gasteiger partial charge in [0.25, 0.3) is 0 Å². The van der Waals surface area contributed by atoms with E-state index in [2.05, 4.69) is 4.98 Å². The summed E-state index contributed by atoms with van der Waals surface area (Å²) in [5, 5.41) is 17.8. The molecular weight excluding hydrogens is 196 g/mol. The molecule has 0 aliphatic carbocycles. The van der Waals surface area contributed by atoms with Gasteiger partial charge in [-0.1, -0.05) is 0 Å². The van der Waals surface area contributed by atoms with Crippen LogP contribution in [0.5, 0.6) is 5.75 Å². The molecule has 1 rings (SSSR count). The van der Waals surface area contributed by atoms with Gasteiger partial charge >= 0.3 is 5.97 Å². The fraction of sp³-hybridized carbons (Fsp3) is 0.300. The summed E-state index contributed by atoms with van der Waals surface area (Å²) in [6, 6.07) is 4.54. The van der Waals surface area contributed by atoms with Crippen LogP contribution in [0.15, 0.2) is 12.1 Å². The largest absolute Gasteiger partial charge is 0.505 e. The summed E-state index contributed by atoms with van der Waals surface area (Å²) in [4.78, 5) is 14.9. The highest BCUT2D eigenvalue weighted by Gasteiger charge is 2.08. The van der Waals surface area contributed by atoms with E-state index in [1.165, 1.54) is 12.1 Å². The van der Waals surface area contributed by atoms with Gasteiger partial charge < -0.3 is 9.84 Å². The number of carbonyl (C=O) groups is 1. The van der Waals surface area contributed by atoms with Crippen molar-refractivity contribution < 1.29 is 14.6 Å². The molecule has 0 bridgehead atoms. The Labute approximate surface area is 86.9 Å². The van der Waals surface area contributed by atoms with Gasteiger partial charge in [0.1, 0.15) is 6.07 Å². The number of ether oxygens (including phenoxy) is 1. The molecular formula is C10H10N2O3. The lowest BCUT2D eigenvalue weighted by Crippen LogP contribution is -2.09. The molecule has 1 aromatic rings. The molecule has 15 heavy (non-hydrogen) atoms. The van der Waals surface area contributed by atoms with E-state index >= 15 is 0 Å². The van der Waals surface area contributed by atoms with Gasteiger partial charge in [0, 0.05) is 0 Å². The molecule has 0 saturated heterocycles. The minimum absolute atomic E-state index is 0.00278. The highest BCUT2D eigenvalue weighted by atomic mass is 16.5. The van der Waals surface area contributed by atoms with Crippen LogP contribution in [0, 0.1) is 11.3 Å². The van der Waals surface area contributed by atoms with E-state index in [1.54, 1.807) is 13.0 Å². The summed E-state index contributed by atoms with van der Waals surface area (Å²) in [6.07, 6.45) is 0.00278. The summed E-state index contributed by atoms with van der Waals surface area (Å²) in [7, 11) is 0. The zero-order valence-electron chi connectivity index (χ0n) is 8.23. The molecule has 5 heteroatoms. The van der Waals surface area contributed by atoms with Crippen molar-refractivity contribution in [1.29, 1.82) is 5.26 Å². The summed E-state index contributed by atoms with van der Waals surface area (Å²) >= 11 is 0. The van der Waals surface area contributed by atoms with Crippen molar-refractivity contribution in [2.45, 2.75) is 13.3 Å². The zero-order chi connectivity index (χ0) is 11.3. The van der Waals surface area contributed by atoms with E-state index in [0.29, 0.717) is 12.3 Å². The van der Waals surface area contributed by atoms with E-state index in [0.717, 1.165) is 0 Å². The lowest BCUT2D eigenvalue weighted by molar-refractivity contribution is -0.142. The molecule has 0 saturated carbocycles. The molecule has 0 unspecified atom stereocenters. The molecule has 1 N–H and O–H groups in total. The maximum absolute atomic E-state index is 11.1. The fourth-order valence-electron chi connectivity index (χ4n) is 1.03. The van der Waals surface area contributed by atoms with Crippen LogP contribution < -0.4 is 0 Å². The van der Waals surface area contributed by atoms with Crippen LogP contribution in [-0.4, -0.2) is 22.7 Å². The third-order valence-electron chi connectivity index (χ3n) is 1.67. The topological polar surface area (TPSA) is 83.2 Å². The molecule has 0 fully saturated rings. The van der Waals surface area contributed by atoms with E-state index in [1.807, 2.05) is 0 Å². The Morgan fingerprint density at radius 1 is 1.67 bits per heavy atom. The molecule has 0 aromatic carbocycles. The number of hydrogen-bond donors (Lipinski definition) is 1. The number of hydrogen-bond acceptors (Lipinski definition) is 5.